The molecule has 0 fully saturated rings. The molecule has 0 unspecified atom stereocenters. The summed E-state index contributed by atoms with van der Waals surface area (Å²) in [4.78, 5) is 25.7. The largest absolute Gasteiger partial charge is 0.508 e. The lowest BCUT2D eigenvalue weighted by atomic mass is 9.81. The number of aromatic hydroxyl groups is 2. The number of phenolic OH excluding ortho intramolecular Hbond substituents is 2. The molecule has 2 aromatic carbocycles. The Bertz CT molecular complexity index is 882. The third-order valence-corrected chi connectivity index (χ3v) is 4.21. The fourth-order valence-electron chi connectivity index (χ4n) is 2.97. The zero-order valence-electron chi connectivity index (χ0n) is 13.5. The van der Waals surface area contributed by atoms with Gasteiger partial charge in [-0.3, -0.25) is 9.59 Å². The highest BCUT2D eigenvalue weighted by Gasteiger charge is 2.36. The van der Waals surface area contributed by atoms with Gasteiger partial charge in [0.25, 0.3) is 0 Å². The van der Waals surface area contributed by atoms with Gasteiger partial charge in [-0.2, -0.15) is 0 Å². The van der Waals surface area contributed by atoms with Gasteiger partial charge < -0.3 is 19.7 Å². The first-order chi connectivity index (χ1) is 11.4. The summed E-state index contributed by atoms with van der Waals surface area (Å²) < 4.78 is 10.4. The number of ketones is 2. The minimum absolute atomic E-state index is 0.0408. The van der Waals surface area contributed by atoms with Crippen LogP contribution in [-0.4, -0.2) is 36.0 Å². The zero-order valence-corrected chi connectivity index (χ0v) is 13.5. The molecule has 24 heavy (non-hydrogen) atoms. The number of hydrogen-bond donors (Lipinski definition) is 2. The number of methoxy groups -OCH3 is 2. The Kier molecular flexibility index (Phi) is 3.77. The smallest absolute Gasteiger partial charge is 0.198 e. The minimum Gasteiger partial charge on any atom is -0.508 e. The van der Waals surface area contributed by atoms with E-state index in [0.29, 0.717) is 5.56 Å². The third-order valence-electron chi connectivity index (χ3n) is 4.21. The Morgan fingerprint density at radius 2 is 1.67 bits per heavy atom. The molecular formula is C18H16O6. The van der Waals surface area contributed by atoms with E-state index >= 15 is 0 Å². The number of fused-ring (bicyclic) bond motifs is 2. The predicted octanol–water partition coefficient (Wildman–Crippen LogP) is 2.34. The molecule has 0 saturated carbocycles. The van der Waals surface area contributed by atoms with Crippen LogP contribution in [0.1, 0.15) is 43.0 Å². The van der Waals surface area contributed by atoms with Gasteiger partial charge in [-0.15, -0.1) is 0 Å². The molecule has 6 nitrogen and oxygen atoms in total. The van der Waals surface area contributed by atoms with Crippen molar-refractivity contribution in [3.8, 4) is 17.2 Å². The fourth-order valence-corrected chi connectivity index (χ4v) is 2.97. The average Bonchev–Trinajstić information content (AvgIpc) is 2.57. The van der Waals surface area contributed by atoms with Gasteiger partial charge in [0.1, 0.15) is 17.2 Å². The summed E-state index contributed by atoms with van der Waals surface area (Å²) in [5, 5.41) is 20.1. The van der Waals surface area contributed by atoms with Crippen LogP contribution in [0.4, 0.5) is 0 Å². The van der Waals surface area contributed by atoms with Crippen molar-refractivity contribution >= 4 is 11.6 Å². The molecule has 1 aliphatic carbocycles. The van der Waals surface area contributed by atoms with E-state index < -0.39 is 11.6 Å². The van der Waals surface area contributed by atoms with Crippen molar-refractivity contribution in [1.82, 2.24) is 0 Å². The summed E-state index contributed by atoms with van der Waals surface area (Å²) in [5.74, 6) is -1.34. The van der Waals surface area contributed by atoms with Gasteiger partial charge in [-0.25, -0.2) is 0 Å². The van der Waals surface area contributed by atoms with Gasteiger partial charge in [0.2, 0.25) is 0 Å². The molecule has 0 aliphatic heterocycles. The predicted molar refractivity (Wildman–Crippen MR) is 85.1 cm³/mol. The van der Waals surface area contributed by atoms with E-state index in [1.165, 1.54) is 33.3 Å². The molecule has 0 aromatic heterocycles. The molecule has 0 heterocycles. The van der Waals surface area contributed by atoms with Crippen LogP contribution in [-0.2, 0) is 11.3 Å². The lowest BCUT2D eigenvalue weighted by Crippen LogP contribution is -2.23. The molecule has 124 valence electrons. The van der Waals surface area contributed by atoms with Gasteiger partial charge in [0.05, 0.1) is 24.8 Å². The van der Waals surface area contributed by atoms with Gasteiger partial charge >= 0.3 is 0 Å². The molecule has 0 amide bonds. The second-order valence-corrected chi connectivity index (χ2v) is 5.56. The highest BCUT2D eigenvalue weighted by Crippen LogP contribution is 2.42. The first-order valence-electron chi connectivity index (χ1n) is 7.26. The first-order valence-corrected chi connectivity index (χ1v) is 7.26. The maximum atomic E-state index is 12.9. The van der Waals surface area contributed by atoms with Crippen molar-refractivity contribution in [2.45, 2.75) is 13.5 Å². The van der Waals surface area contributed by atoms with Gasteiger partial charge in [0, 0.05) is 29.4 Å². The van der Waals surface area contributed by atoms with E-state index in [1.54, 1.807) is 6.07 Å². The van der Waals surface area contributed by atoms with Crippen LogP contribution in [0.5, 0.6) is 17.2 Å². The second kappa shape index (κ2) is 5.65. The monoisotopic (exact) mass is 328 g/mol. The molecule has 0 radical (unpaired) electrons. The Labute approximate surface area is 138 Å². The van der Waals surface area contributed by atoms with Crippen LogP contribution >= 0.6 is 0 Å². The minimum atomic E-state index is -0.486. The van der Waals surface area contributed by atoms with Crippen LogP contribution in [0.15, 0.2) is 18.2 Å². The van der Waals surface area contributed by atoms with Crippen molar-refractivity contribution < 1.29 is 29.3 Å². The number of rotatable bonds is 3. The van der Waals surface area contributed by atoms with Gasteiger partial charge in [0.15, 0.2) is 11.6 Å². The molecule has 0 bridgehead atoms. The molecule has 2 aromatic rings. The topological polar surface area (TPSA) is 93.1 Å². The summed E-state index contributed by atoms with van der Waals surface area (Å²) in [6.07, 6.45) is 0. The van der Waals surface area contributed by atoms with E-state index in [2.05, 4.69) is 0 Å². The number of carbonyl (C=O) groups is 2. The fraction of sp³-hybridized carbons (Fsp3) is 0.222. The lowest BCUT2D eigenvalue weighted by molar-refractivity contribution is 0.0973. The second-order valence-electron chi connectivity index (χ2n) is 5.56. The van der Waals surface area contributed by atoms with Crippen LogP contribution < -0.4 is 4.74 Å². The Balaban J connectivity index is 2.33. The summed E-state index contributed by atoms with van der Waals surface area (Å²) >= 11 is 0. The van der Waals surface area contributed by atoms with Crippen molar-refractivity contribution in [2.75, 3.05) is 14.2 Å². The van der Waals surface area contributed by atoms with Crippen molar-refractivity contribution in [3.05, 3.63) is 51.6 Å². The standard InChI is InChI=1S/C18H16O6/c1-8-12(19)6-11-13(15(8)20)16(21)10-5-4-9(7-23-2)18(24-3)14(10)17(11)22/h4-6,19-20H,7H2,1-3H3. The van der Waals surface area contributed by atoms with E-state index in [9.17, 15) is 19.8 Å². The van der Waals surface area contributed by atoms with E-state index in [4.69, 9.17) is 9.47 Å². The van der Waals surface area contributed by atoms with E-state index in [0.717, 1.165) is 0 Å². The maximum absolute atomic E-state index is 12.9. The summed E-state index contributed by atoms with van der Waals surface area (Å²) in [6.45, 7) is 1.69. The number of benzene rings is 2. The molecule has 0 atom stereocenters. The first kappa shape index (κ1) is 16.0. The summed E-state index contributed by atoms with van der Waals surface area (Å²) in [6, 6.07) is 4.38. The zero-order chi connectivity index (χ0) is 17.6. The third kappa shape index (κ3) is 2.07. The average molecular weight is 328 g/mol. The number of hydrogen-bond acceptors (Lipinski definition) is 6. The van der Waals surface area contributed by atoms with Gasteiger partial charge in [-0.1, -0.05) is 6.07 Å². The van der Waals surface area contributed by atoms with Crippen LogP contribution in [0, 0.1) is 6.92 Å². The number of phenols is 2. The van der Waals surface area contributed by atoms with Crippen molar-refractivity contribution in [3.63, 3.8) is 0 Å². The molecule has 1 aliphatic rings. The SMILES string of the molecule is COCc1ccc2c(c1OC)C(=O)c1cc(O)c(C)c(O)c1C2=O. The molecule has 6 heteroatoms. The highest BCUT2D eigenvalue weighted by molar-refractivity contribution is 6.30. The van der Waals surface area contributed by atoms with E-state index in [-0.39, 0.29) is 51.7 Å². The van der Waals surface area contributed by atoms with Crippen molar-refractivity contribution in [2.24, 2.45) is 0 Å². The molecule has 3 rings (SSSR count). The lowest BCUT2D eigenvalue weighted by Gasteiger charge is -2.23. The molecule has 0 saturated heterocycles. The highest BCUT2D eigenvalue weighted by atomic mass is 16.5. The Morgan fingerprint density at radius 3 is 2.29 bits per heavy atom. The van der Waals surface area contributed by atoms with E-state index in [1.807, 2.05) is 0 Å². The Morgan fingerprint density at radius 1 is 1.00 bits per heavy atom. The molecule has 0 spiro atoms. The van der Waals surface area contributed by atoms with Crippen LogP contribution in [0.2, 0.25) is 0 Å². The summed E-state index contributed by atoms with van der Waals surface area (Å²) in [5.41, 5.74) is 0.923. The molecule has 2 N–H and O–H groups in total. The molecular weight excluding hydrogens is 312 g/mol. The summed E-state index contributed by atoms with van der Waals surface area (Å²) in [7, 11) is 2.92. The number of ether oxygens (including phenoxy) is 2. The van der Waals surface area contributed by atoms with Crippen LogP contribution in [0.25, 0.3) is 0 Å². The maximum Gasteiger partial charge on any atom is 0.198 e. The number of carbonyl (C=O) groups excluding carboxylic acids is 2. The van der Waals surface area contributed by atoms with Gasteiger partial charge in [-0.05, 0) is 19.1 Å². The van der Waals surface area contributed by atoms with Crippen molar-refractivity contribution in [1.29, 1.82) is 0 Å². The Hall–Kier alpha value is -2.86. The quantitative estimate of drug-likeness (QED) is 0.766. The normalized spacial score (nSPS) is 12.8. The van der Waals surface area contributed by atoms with Crippen LogP contribution in [0.3, 0.4) is 0 Å².